The average Bonchev–Trinajstić information content (AvgIpc) is 2.80. The zero-order valence-corrected chi connectivity index (χ0v) is 10.7. The van der Waals surface area contributed by atoms with E-state index in [2.05, 4.69) is 17.9 Å². The molecule has 1 saturated carbocycles. The number of hydrogen-bond acceptors (Lipinski definition) is 3. The predicted octanol–water partition coefficient (Wildman–Crippen LogP) is 1.96. The predicted molar refractivity (Wildman–Crippen MR) is 68.6 cm³/mol. The van der Waals surface area contributed by atoms with Crippen LogP contribution in [0.4, 0.5) is 0 Å². The van der Waals surface area contributed by atoms with E-state index in [0.717, 1.165) is 12.3 Å². The second kappa shape index (κ2) is 5.00. The van der Waals surface area contributed by atoms with Gasteiger partial charge in [0.2, 0.25) is 5.91 Å². The van der Waals surface area contributed by atoms with E-state index in [0.29, 0.717) is 12.3 Å². The van der Waals surface area contributed by atoms with Crippen molar-refractivity contribution in [2.24, 2.45) is 11.3 Å². The molecule has 4 heteroatoms. The molecular formula is C11H19NOS2. The van der Waals surface area contributed by atoms with Crippen LogP contribution in [-0.4, -0.2) is 29.7 Å². The highest BCUT2D eigenvalue weighted by atomic mass is 32.2. The normalized spacial score (nSPS) is 27.7. The summed E-state index contributed by atoms with van der Waals surface area (Å²) in [4.78, 5) is 11.7. The van der Waals surface area contributed by atoms with Gasteiger partial charge in [0.1, 0.15) is 0 Å². The molecule has 1 unspecified atom stereocenters. The lowest BCUT2D eigenvalue weighted by molar-refractivity contribution is -0.122. The van der Waals surface area contributed by atoms with Crippen molar-refractivity contribution >= 4 is 30.3 Å². The Morgan fingerprint density at radius 1 is 1.53 bits per heavy atom. The summed E-state index contributed by atoms with van der Waals surface area (Å²) in [6.07, 6.45) is 4.32. The van der Waals surface area contributed by atoms with E-state index >= 15 is 0 Å². The van der Waals surface area contributed by atoms with E-state index < -0.39 is 0 Å². The average molecular weight is 245 g/mol. The molecule has 86 valence electrons. The lowest BCUT2D eigenvalue weighted by Gasteiger charge is -2.13. The van der Waals surface area contributed by atoms with Crippen LogP contribution in [0.2, 0.25) is 0 Å². The van der Waals surface area contributed by atoms with Crippen molar-refractivity contribution in [3.63, 3.8) is 0 Å². The number of hydrogen-bond donors (Lipinski definition) is 2. The molecule has 2 fully saturated rings. The molecule has 1 atom stereocenters. The minimum absolute atomic E-state index is 0.235. The number of carbonyl (C=O) groups is 1. The maximum absolute atomic E-state index is 11.7. The molecule has 0 aromatic rings. The van der Waals surface area contributed by atoms with E-state index in [1.165, 1.54) is 30.8 Å². The van der Waals surface area contributed by atoms with Gasteiger partial charge in [-0.1, -0.05) is 0 Å². The lowest BCUT2D eigenvalue weighted by atomic mass is 10.0. The summed E-state index contributed by atoms with van der Waals surface area (Å²) >= 11 is 6.31. The van der Waals surface area contributed by atoms with Crippen molar-refractivity contribution in [3.05, 3.63) is 0 Å². The third-order valence-electron chi connectivity index (χ3n) is 3.44. The Labute approximate surface area is 101 Å². The molecule has 1 saturated heterocycles. The quantitative estimate of drug-likeness (QED) is 0.725. The molecular weight excluding hydrogens is 226 g/mol. The summed E-state index contributed by atoms with van der Waals surface area (Å²) in [7, 11) is 0. The zero-order valence-electron chi connectivity index (χ0n) is 9.00. The summed E-state index contributed by atoms with van der Waals surface area (Å²) in [6, 6.07) is 0. The van der Waals surface area contributed by atoms with Crippen LogP contribution in [0.15, 0.2) is 0 Å². The first-order valence-electron chi connectivity index (χ1n) is 5.69. The van der Waals surface area contributed by atoms with Crippen LogP contribution in [0.1, 0.15) is 25.7 Å². The molecule has 2 rings (SSSR count). The van der Waals surface area contributed by atoms with Crippen LogP contribution >= 0.6 is 24.4 Å². The smallest absolute Gasteiger partial charge is 0.220 e. The molecule has 1 aliphatic carbocycles. The van der Waals surface area contributed by atoms with Crippen LogP contribution in [0.3, 0.4) is 0 Å². The van der Waals surface area contributed by atoms with Crippen molar-refractivity contribution in [2.45, 2.75) is 25.7 Å². The Morgan fingerprint density at radius 3 is 2.87 bits per heavy atom. The van der Waals surface area contributed by atoms with Gasteiger partial charge in [-0.15, -0.1) is 0 Å². The molecule has 2 nitrogen and oxygen atoms in total. The van der Waals surface area contributed by atoms with E-state index in [-0.39, 0.29) is 11.3 Å². The highest BCUT2D eigenvalue weighted by Gasteiger charge is 2.42. The van der Waals surface area contributed by atoms with E-state index in [4.69, 9.17) is 0 Å². The maximum atomic E-state index is 11.7. The fraction of sp³-hybridized carbons (Fsp3) is 0.909. The van der Waals surface area contributed by atoms with Crippen LogP contribution in [0, 0.1) is 11.3 Å². The van der Waals surface area contributed by atoms with Gasteiger partial charge in [0.25, 0.3) is 0 Å². The molecule has 1 amide bonds. The Morgan fingerprint density at radius 2 is 2.33 bits per heavy atom. The molecule has 15 heavy (non-hydrogen) atoms. The minimum Gasteiger partial charge on any atom is -0.356 e. The zero-order chi connectivity index (χ0) is 10.7. The molecule has 1 N–H and O–H groups in total. The summed E-state index contributed by atoms with van der Waals surface area (Å²) in [6.45, 7) is 0.883. The number of thiol groups is 1. The van der Waals surface area contributed by atoms with Crippen molar-refractivity contribution < 1.29 is 4.79 Å². The minimum atomic E-state index is 0.235. The van der Waals surface area contributed by atoms with Gasteiger partial charge in [0, 0.05) is 13.0 Å². The molecule has 0 radical (unpaired) electrons. The summed E-state index contributed by atoms with van der Waals surface area (Å²) in [5, 5.41) is 3.07. The Hall–Kier alpha value is 0.170. The fourth-order valence-electron chi connectivity index (χ4n) is 1.97. The van der Waals surface area contributed by atoms with Gasteiger partial charge in [-0.05, 0) is 47.9 Å². The summed E-state index contributed by atoms with van der Waals surface area (Å²) in [5.74, 6) is 4.29. The van der Waals surface area contributed by atoms with E-state index in [1.807, 2.05) is 11.8 Å². The van der Waals surface area contributed by atoms with Gasteiger partial charge in [-0.25, -0.2) is 0 Å². The van der Waals surface area contributed by atoms with Crippen LogP contribution in [-0.2, 0) is 4.79 Å². The third-order valence-corrected chi connectivity index (χ3v) is 5.34. The van der Waals surface area contributed by atoms with Gasteiger partial charge >= 0.3 is 0 Å². The number of amides is 1. The van der Waals surface area contributed by atoms with Gasteiger partial charge in [-0.3, -0.25) is 4.79 Å². The highest BCUT2D eigenvalue weighted by molar-refractivity contribution is 7.99. The van der Waals surface area contributed by atoms with Crippen LogP contribution in [0.5, 0.6) is 0 Å². The molecule has 0 bridgehead atoms. The highest BCUT2D eigenvalue weighted by Crippen LogP contribution is 2.49. The maximum Gasteiger partial charge on any atom is 0.220 e. The van der Waals surface area contributed by atoms with Crippen LogP contribution < -0.4 is 5.32 Å². The number of carbonyl (C=O) groups excluding carboxylic acids is 1. The first-order chi connectivity index (χ1) is 7.24. The molecule has 0 aromatic heterocycles. The van der Waals surface area contributed by atoms with Gasteiger partial charge in [0.05, 0.1) is 0 Å². The molecule has 1 heterocycles. The monoisotopic (exact) mass is 245 g/mol. The molecule has 0 spiro atoms. The first kappa shape index (κ1) is 11.6. The number of rotatable bonds is 5. The van der Waals surface area contributed by atoms with Crippen molar-refractivity contribution in [1.29, 1.82) is 0 Å². The second-order valence-electron chi connectivity index (χ2n) is 4.87. The van der Waals surface area contributed by atoms with E-state index in [1.54, 1.807) is 0 Å². The first-order valence-corrected chi connectivity index (χ1v) is 7.48. The van der Waals surface area contributed by atoms with E-state index in [9.17, 15) is 4.79 Å². The van der Waals surface area contributed by atoms with Crippen molar-refractivity contribution in [2.75, 3.05) is 23.8 Å². The SMILES string of the molecule is O=C(CC1(CS)CC1)NCC1CCSC1. The fourth-order valence-corrected chi connectivity index (χ4v) is 3.69. The van der Waals surface area contributed by atoms with Gasteiger partial charge in [-0.2, -0.15) is 24.4 Å². The molecule has 1 aliphatic heterocycles. The van der Waals surface area contributed by atoms with Gasteiger partial charge < -0.3 is 5.32 Å². The molecule has 2 aliphatic rings. The topological polar surface area (TPSA) is 29.1 Å². The van der Waals surface area contributed by atoms with Crippen LogP contribution in [0.25, 0.3) is 0 Å². The molecule has 0 aromatic carbocycles. The number of nitrogens with one attached hydrogen (secondary N) is 1. The Kier molecular flexibility index (Phi) is 3.88. The van der Waals surface area contributed by atoms with Gasteiger partial charge in [0.15, 0.2) is 0 Å². The summed E-state index contributed by atoms with van der Waals surface area (Å²) in [5.41, 5.74) is 0.262. The van der Waals surface area contributed by atoms with Crippen molar-refractivity contribution in [3.8, 4) is 0 Å². The standard InChI is InChI=1S/C11H19NOS2/c13-10(5-11(8-14)2-3-11)12-6-9-1-4-15-7-9/h9,14H,1-8H2,(H,12,13). The summed E-state index contributed by atoms with van der Waals surface area (Å²) < 4.78 is 0. The van der Waals surface area contributed by atoms with Crippen molar-refractivity contribution in [1.82, 2.24) is 5.32 Å². The Bertz CT molecular complexity index is 235. The lowest BCUT2D eigenvalue weighted by Crippen LogP contribution is -2.31. The number of thioether (sulfide) groups is 1. The largest absolute Gasteiger partial charge is 0.356 e. The third kappa shape index (κ3) is 3.31. The second-order valence-corrected chi connectivity index (χ2v) is 6.33. The Balaban J connectivity index is 1.64.